The number of nitrogens with one attached hydrogen (secondary N) is 2. The number of hydrogen-bond acceptors (Lipinski definition) is 4. The topological polar surface area (TPSA) is 66.5 Å². The molecule has 0 aliphatic heterocycles. The van der Waals surface area contributed by atoms with Gasteiger partial charge in [-0.05, 0) is 24.6 Å². The number of aromatic amines is 1. The van der Waals surface area contributed by atoms with Crippen LogP contribution in [0, 0.1) is 5.82 Å². The summed E-state index contributed by atoms with van der Waals surface area (Å²) in [5.74, 6) is 0.129. The van der Waals surface area contributed by atoms with E-state index in [4.69, 9.17) is 0 Å². The Morgan fingerprint density at radius 2 is 2.19 bits per heavy atom. The number of hydrogen-bond donors (Lipinski definition) is 2. The molecule has 0 saturated carbocycles. The van der Waals surface area contributed by atoms with Gasteiger partial charge in [0.25, 0.3) is 0 Å². The number of nitrogens with zero attached hydrogens (tertiary/aromatic N) is 3. The quantitative estimate of drug-likeness (QED) is 0.752. The zero-order valence-corrected chi connectivity index (χ0v) is 12.9. The molecule has 2 aromatic heterocycles. The van der Waals surface area contributed by atoms with Gasteiger partial charge in [0, 0.05) is 16.6 Å². The van der Waals surface area contributed by atoms with E-state index in [0.717, 1.165) is 17.4 Å². The Labute approximate surface area is 129 Å². The van der Waals surface area contributed by atoms with E-state index < -0.39 is 0 Å². The van der Waals surface area contributed by atoms with Crippen LogP contribution in [0.25, 0.3) is 22.3 Å². The normalized spacial score (nSPS) is 11.0. The van der Waals surface area contributed by atoms with Crippen molar-refractivity contribution in [1.82, 2.24) is 20.2 Å². The molecule has 0 atom stereocenters. The highest BCUT2D eigenvalue weighted by atomic mass is 79.9. The maximum atomic E-state index is 14.1. The molecule has 7 heteroatoms. The Hall–Kier alpha value is -2.02. The lowest BCUT2D eigenvalue weighted by Gasteiger charge is -2.08. The van der Waals surface area contributed by atoms with Gasteiger partial charge in [-0.1, -0.05) is 22.9 Å². The van der Waals surface area contributed by atoms with E-state index in [1.54, 1.807) is 18.3 Å². The van der Waals surface area contributed by atoms with Gasteiger partial charge in [0.2, 0.25) is 5.95 Å². The van der Waals surface area contributed by atoms with Crippen molar-refractivity contribution in [2.45, 2.75) is 13.3 Å². The Morgan fingerprint density at radius 1 is 1.33 bits per heavy atom. The smallest absolute Gasteiger partial charge is 0.225 e. The standard InChI is InChI=1S/C14H13BrFN5/c1-2-5-17-14-19-12(10-7-18-21-13(10)20-14)9-6-8(15)3-4-11(9)16/h3-4,6-7H,2,5H2,1H3,(H2,17,18,19,20,21). The monoisotopic (exact) mass is 349 g/mol. The first-order valence-electron chi connectivity index (χ1n) is 6.59. The molecule has 0 bridgehead atoms. The van der Waals surface area contributed by atoms with Crippen LogP contribution in [0.5, 0.6) is 0 Å². The molecule has 5 nitrogen and oxygen atoms in total. The number of benzene rings is 1. The third kappa shape index (κ3) is 2.73. The highest BCUT2D eigenvalue weighted by Crippen LogP contribution is 2.30. The molecule has 0 amide bonds. The highest BCUT2D eigenvalue weighted by molar-refractivity contribution is 9.10. The van der Waals surface area contributed by atoms with E-state index in [1.165, 1.54) is 6.07 Å². The molecule has 0 aliphatic rings. The van der Waals surface area contributed by atoms with Crippen LogP contribution < -0.4 is 5.32 Å². The molecule has 108 valence electrons. The minimum Gasteiger partial charge on any atom is -0.354 e. The first-order valence-corrected chi connectivity index (χ1v) is 7.38. The molecule has 21 heavy (non-hydrogen) atoms. The fourth-order valence-electron chi connectivity index (χ4n) is 2.04. The second kappa shape index (κ2) is 5.77. The predicted molar refractivity (Wildman–Crippen MR) is 83.6 cm³/mol. The average molecular weight is 350 g/mol. The molecule has 2 heterocycles. The Morgan fingerprint density at radius 3 is 3.00 bits per heavy atom. The van der Waals surface area contributed by atoms with Crippen LogP contribution in [0.1, 0.15) is 13.3 Å². The molecular weight excluding hydrogens is 337 g/mol. The SMILES string of the molecule is CCCNc1nc(-c2cc(Br)ccc2F)c2cn[nH]c2n1. The van der Waals surface area contributed by atoms with Crippen molar-refractivity contribution in [3.8, 4) is 11.3 Å². The van der Waals surface area contributed by atoms with Gasteiger partial charge < -0.3 is 5.32 Å². The first-order chi connectivity index (χ1) is 10.2. The summed E-state index contributed by atoms with van der Waals surface area (Å²) in [6.45, 7) is 2.80. The minimum atomic E-state index is -0.333. The van der Waals surface area contributed by atoms with E-state index in [9.17, 15) is 4.39 Å². The first kappa shape index (κ1) is 13.9. The van der Waals surface area contributed by atoms with E-state index in [1.807, 2.05) is 0 Å². The largest absolute Gasteiger partial charge is 0.354 e. The van der Waals surface area contributed by atoms with Crippen LogP contribution in [-0.4, -0.2) is 26.7 Å². The maximum Gasteiger partial charge on any atom is 0.225 e. The Kier molecular flexibility index (Phi) is 3.83. The van der Waals surface area contributed by atoms with Crippen LogP contribution in [0.4, 0.5) is 10.3 Å². The maximum absolute atomic E-state index is 14.1. The van der Waals surface area contributed by atoms with Crippen molar-refractivity contribution in [3.63, 3.8) is 0 Å². The second-order valence-corrected chi connectivity index (χ2v) is 5.49. The summed E-state index contributed by atoms with van der Waals surface area (Å²) < 4.78 is 14.9. The van der Waals surface area contributed by atoms with Crippen LogP contribution in [0.15, 0.2) is 28.9 Å². The molecular formula is C14H13BrFN5. The van der Waals surface area contributed by atoms with Crippen molar-refractivity contribution in [1.29, 1.82) is 0 Å². The fraction of sp³-hybridized carbons (Fsp3) is 0.214. The number of anilines is 1. The molecule has 2 N–H and O–H groups in total. The molecule has 0 radical (unpaired) electrons. The van der Waals surface area contributed by atoms with Gasteiger partial charge in [-0.2, -0.15) is 10.1 Å². The summed E-state index contributed by atoms with van der Waals surface area (Å²) in [6, 6.07) is 4.77. The van der Waals surface area contributed by atoms with Crippen LogP contribution in [0.3, 0.4) is 0 Å². The third-order valence-electron chi connectivity index (χ3n) is 3.03. The summed E-state index contributed by atoms with van der Waals surface area (Å²) >= 11 is 3.36. The molecule has 1 aromatic carbocycles. The lowest BCUT2D eigenvalue weighted by molar-refractivity contribution is 0.630. The molecule has 0 saturated heterocycles. The zero-order valence-electron chi connectivity index (χ0n) is 11.3. The minimum absolute atomic E-state index is 0.333. The van der Waals surface area contributed by atoms with Crippen molar-refractivity contribution in [2.24, 2.45) is 0 Å². The lowest BCUT2D eigenvalue weighted by atomic mass is 10.1. The van der Waals surface area contributed by atoms with Gasteiger partial charge in [-0.25, -0.2) is 9.37 Å². The summed E-state index contributed by atoms with van der Waals surface area (Å²) in [4.78, 5) is 8.78. The van der Waals surface area contributed by atoms with Crippen molar-refractivity contribution >= 4 is 32.9 Å². The molecule has 3 rings (SSSR count). The summed E-state index contributed by atoms with van der Waals surface area (Å²) in [5, 5.41) is 10.6. The van der Waals surface area contributed by atoms with Crippen molar-refractivity contribution in [3.05, 3.63) is 34.7 Å². The van der Waals surface area contributed by atoms with Gasteiger partial charge in [0.05, 0.1) is 17.3 Å². The highest BCUT2D eigenvalue weighted by Gasteiger charge is 2.15. The van der Waals surface area contributed by atoms with Gasteiger partial charge in [-0.3, -0.25) is 5.10 Å². The number of halogens is 2. The van der Waals surface area contributed by atoms with E-state index in [-0.39, 0.29) is 5.82 Å². The molecule has 0 fully saturated rings. The van der Waals surface area contributed by atoms with Gasteiger partial charge >= 0.3 is 0 Å². The van der Waals surface area contributed by atoms with Gasteiger partial charge in [0.1, 0.15) is 5.82 Å². The summed E-state index contributed by atoms with van der Waals surface area (Å²) in [5.41, 5.74) is 1.52. The van der Waals surface area contributed by atoms with Crippen LogP contribution in [-0.2, 0) is 0 Å². The van der Waals surface area contributed by atoms with E-state index >= 15 is 0 Å². The molecule has 0 spiro atoms. The van der Waals surface area contributed by atoms with E-state index in [2.05, 4.69) is 48.3 Å². The Bertz CT molecular complexity index is 786. The number of fused-ring (bicyclic) bond motifs is 1. The van der Waals surface area contributed by atoms with E-state index in [0.29, 0.717) is 28.2 Å². The zero-order chi connectivity index (χ0) is 14.8. The summed E-state index contributed by atoms with van der Waals surface area (Å²) in [6.07, 6.45) is 2.56. The lowest BCUT2D eigenvalue weighted by Crippen LogP contribution is -2.05. The summed E-state index contributed by atoms with van der Waals surface area (Å²) in [7, 11) is 0. The third-order valence-corrected chi connectivity index (χ3v) is 3.52. The average Bonchev–Trinajstić information content (AvgIpc) is 2.95. The van der Waals surface area contributed by atoms with Crippen LogP contribution in [0.2, 0.25) is 0 Å². The molecule has 3 aromatic rings. The number of rotatable bonds is 4. The predicted octanol–water partition coefficient (Wildman–Crippen LogP) is 3.74. The molecule has 0 aliphatic carbocycles. The fourth-order valence-corrected chi connectivity index (χ4v) is 2.40. The second-order valence-electron chi connectivity index (χ2n) is 4.58. The van der Waals surface area contributed by atoms with Gasteiger partial charge in [0.15, 0.2) is 5.65 Å². The Balaban J connectivity index is 2.19. The van der Waals surface area contributed by atoms with Crippen molar-refractivity contribution in [2.75, 3.05) is 11.9 Å². The van der Waals surface area contributed by atoms with Gasteiger partial charge in [-0.15, -0.1) is 0 Å². The van der Waals surface area contributed by atoms with Crippen LogP contribution >= 0.6 is 15.9 Å². The van der Waals surface area contributed by atoms with Crippen molar-refractivity contribution < 1.29 is 4.39 Å². The number of H-pyrrole nitrogens is 1. The number of aromatic nitrogens is 4. The molecule has 0 unspecified atom stereocenters.